The van der Waals surface area contributed by atoms with Gasteiger partial charge in [-0.3, -0.25) is 9.59 Å². The number of nitrogens with zero attached hydrogens (tertiary/aromatic N) is 6. The first-order valence-electron chi connectivity index (χ1n) is 9.64. The van der Waals surface area contributed by atoms with E-state index in [0.717, 1.165) is 5.56 Å². The molecule has 2 aromatic carbocycles. The van der Waals surface area contributed by atoms with Crippen molar-refractivity contribution in [2.24, 2.45) is 20.5 Å². The van der Waals surface area contributed by atoms with Gasteiger partial charge in [-0.1, -0.05) is 24.3 Å². The Labute approximate surface area is 181 Å². The van der Waals surface area contributed by atoms with Crippen molar-refractivity contribution in [3.8, 4) is 0 Å². The van der Waals surface area contributed by atoms with Crippen LogP contribution in [0.2, 0.25) is 0 Å². The largest absolute Gasteiger partial charge is 0.442 e. The van der Waals surface area contributed by atoms with E-state index in [2.05, 4.69) is 20.5 Å². The molecule has 8 nitrogen and oxygen atoms in total. The zero-order chi connectivity index (χ0) is 23.3. The summed E-state index contributed by atoms with van der Waals surface area (Å²) >= 11 is 0. The summed E-state index contributed by atoms with van der Waals surface area (Å²) in [5.41, 5.74) is -1.70. The summed E-state index contributed by atoms with van der Waals surface area (Å²) in [7, 11) is 3.06. The van der Waals surface area contributed by atoms with Gasteiger partial charge in [0.1, 0.15) is 0 Å². The predicted octanol–water partition coefficient (Wildman–Crippen LogP) is 4.31. The van der Waals surface area contributed by atoms with Crippen molar-refractivity contribution in [1.82, 2.24) is 9.80 Å². The third-order valence-electron chi connectivity index (χ3n) is 5.43. The topological polar surface area (TPSA) is 90.1 Å². The average Bonchev–Trinajstić information content (AvgIpc) is 3.69. The standard InChI is InChI=1S/C21H19F3N6O2/c1-19(25-26-19)15-8-4-13(5-9-15)17(31)29(2)12-30(3)18(32)14-6-10-16(11-7-14)20(27-28-20)21(22,23)24/h4-11H,12H2,1-3H3. The lowest BCUT2D eigenvalue weighted by Crippen LogP contribution is -2.40. The highest BCUT2D eigenvalue weighted by molar-refractivity contribution is 5.96. The zero-order valence-corrected chi connectivity index (χ0v) is 17.5. The average molecular weight is 444 g/mol. The van der Waals surface area contributed by atoms with E-state index in [1.807, 2.05) is 6.92 Å². The monoisotopic (exact) mass is 444 g/mol. The van der Waals surface area contributed by atoms with Gasteiger partial charge in [0.15, 0.2) is 0 Å². The number of carbonyl (C=O) groups excluding carboxylic acids is 2. The number of carbonyl (C=O) groups is 2. The lowest BCUT2D eigenvalue weighted by atomic mass is 10.0. The summed E-state index contributed by atoms with van der Waals surface area (Å²) in [6, 6.07) is 11.9. The molecule has 2 aliphatic rings. The number of benzene rings is 2. The quantitative estimate of drug-likeness (QED) is 0.622. The number of alkyl halides is 3. The number of hydrogen-bond acceptors (Lipinski definition) is 6. The van der Waals surface area contributed by atoms with Crippen LogP contribution in [0.4, 0.5) is 13.2 Å². The Morgan fingerprint density at radius 2 is 1.19 bits per heavy atom. The van der Waals surface area contributed by atoms with Crippen molar-refractivity contribution >= 4 is 11.8 Å². The molecule has 2 aliphatic heterocycles. The third-order valence-corrected chi connectivity index (χ3v) is 5.43. The van der Waals surface area contributed by atoms with Crippen LogP contribution < -0.4 is 0 Å². The fourth-order valence-electron chi connectivity index (χ4n) is 3.29. The van der Waals surface area contributed by atoms with Gasteiger partial charge in [-0.15, -0.1) is 10.2 Å². The second-order valence-corrected chi connectivity index (χ2v) is 7.89. The first-order chi connectivity index (χ1) is 15.0. The van der Waals surface area contributed by atoms with E-state index in [1.165, 1.54) is 41.1 Å². The molecule has 2 heterocycles. The molecule has 2 aromatic rings. The minimum absolute atomic E-state index is 0.0132. The van der Waals surface area contributed by atoms with Crippen LogP contribution in [-0.2, 0) is 11.3 Å². The minimum Gasteiger partial charge on any atom is -0.324 e. The van der Waals surface area contributed by atoms with Crippen molar-refractivity contribution in [2.45, 2.75) is 24.4 Å². The van der Waals surface area contributed by atoms with Crippen LogP contribution in [0.15, 0.2) is 69.0 Å². The van der Waals surface area contributed by atoms with Gasteiger partial charge in [-0.2, -0.15) is 23.4 Å². The molecular formula is C21H19F3N6O2. The molecule has 0 radical (unpaired) electrons. The molecule has 0 N–H and O–H groups in total. The second kappa shape index (κ2) is 7.21. The molecule has 0 saturated carbocycles. The smallest absolute Gasteiger partial charge is 0.324 e. The highest BCUT2D eigenvalue weighted by atomic mass is 19.4. The molecule has 166 valence electrons. The Hall–Kier alpha value is -3.63. The Bertz CT molecular complexity index is 1110. The maximum absolute atomic E-state index is 13.1. The third kappa shape index (κ3) is 3.74. The fraction of sp³-hybridized carbons (Fsp3) is 0.333. The molecular weight excluding hydrogens is 425 g/mol. The van der Waals surface area contributed by atoms with Crippen LogP contribution in [0.5, 0.6) is 0 Å². The van der Waals surface area contributed by atoms with Gasteiger partial charge in [-0.05, 0) is 31.2 Å². The van der Waals surface area contributed by atoms with E-state index in [-0.39, 0.29) is 23.7 Å². The van der Waals surface area contributed by atoms with Crippen molar-refractivity contribution in [1.29, 1.82) is 0 Å². The van der Waals surface area contributed by atoms with E-state index in [4.69, 9.17) is 0 Å². The lowest BCUT2D eigenvalue weighted by molar-refractivity contribution is -0.166. The molecule has 0 unspecified atom stereocenters. The summed E-state index contributed by atoms with van der Waals surface area (Å²) in [5.74, 6) is -0.729. The molecule has 0 spiro atoms. The van der Waals surface area contributed by atoms with E-state index in [1.54, 1.807) is 31.3 Å². The Kier molecular flexibility index (Phi) is 4.87. The minimum atomic E-state index is -4.63. The van der Waals surface area contributed by atoms with Gasteiger partial charge in [-0.25, -0.2) is 0 Å². The van der Waals surface area contributed by atoms with Gasteiger partial charge in [0.2, 0.25) is 5.66 Å². The van der Waals surface area contributed by atoms with Gasteiger partial charge in [0.05, 0.1) is 6.67 Å². The van der Waals surface area contributed by atoms with E-state index >= 15 is 0 Å². The summed E-state index contributed by atoms with van der Waals surface area (Å²) in [6.45, 7) is 1.85. The molecule has 0 fully saturated rings. The van der Waals surface area contributed by atoms with E-state index < -0.39 is 23.4 Å². The molecule has 0 bridgehead atoms. The predicted molar refractivity (Wildman–Crippen MR) is 107 cm³/mol. The molecule has 32 heavy (non-hydrogen) atoms. The van der Waals surface area contributed by atoms with Crippen molar-refractivity contribution in [2.75, 3.05) is 20.8 Å². The molecule has 0 aliphatic carbocycles. The molecule has 0 aromatic heterocycles. The van der Waals surface area contributed by atoms with Gasteiger partial charge in [0, 0.05) is 36.3 Å². The van der Waals surface area contributed by atoms with Gasteiger partial charge >= 0.3 is 11.8 Å². The summed E-state index contributed by atoms with van der Waals surface area (Å²) in [4.78, 5) is 28.0. The fourth-order valence-corrected chi connectivity index (χ4v) is 3.29. The van der Waals surface area contributed by atoms with E-state index in [0.29, 0.717) is 5.56 Å². The molecule has 11 heteroatoms. The van der Waals surface area contributed by atoms with Gasteiger partial charge in [0.25, 0.3) is 11.8 Å². The molecule has 0 saturated heterocycles. The van der Waals surface area contributed by atoms with Crippen LogP contribution in [0, 0.1) is 0 Å². The van der Waals surface area contributed by atoms with Crippen molar-refractivity contribution < 1.29 is 22.8 Å². The van der Waals surface area contributed by atoms with Gasteiger partial charge < -0.3 is 9.80 Å². The van der Waals surface area contributed by atoms with Crippen LogP contribution in [0.1, 0.15) is 38.8 Å². The highest BCUT2D eigenvalue weighted by Gasteiger charge is 2.65. The second-order valence-electron chi connectivity index (χ2n) is 7.89. The Morgan fingerprint density at radius 1 is 0.781 bits per heavy atom. The number of amides is 2. The summed E-state index contributed by atoms with van der Waals surface area (Å²) in [5, 5.41) is 14.2. The highest BCUT2D eigenvalue weighted by Crippen LogP contribution is 2.52. The number of rotatable bonds is 6. The van der Waals surface area contributed by atoms with Crippen LogP contribution >= 0.6 is 0 Å². The lowest BCUT2D eigenvalue weighted by Gasteiger charge is -2.25. The summed E-state index contributed by atoms with van der Waals surface area (Å²) in [6.07, 6.45) is -4.63. The zero-order valence-electron chi connectivity index (χ0n) is 17.5. The van der Waals surface area contributed by atoms with Crippen molar-refractivity contribution in [3.63, 3.8) is 0 Å². The SMILES string of the molecule is CN(CN(C)C(=O)c1ccc(C2(C(F)(F)F)N=N2)cc1)C(=O)c1ccc(C2(C)N=N2)cc1. The van der Waals surface area contributed by atoms with Crippen LogP contribution in [0.25, 0.3) is 0 Å². The molecule has 0 atom stereocenters. The maximum atomic E-state index is 13.1. The first kappa shape index (κ1) is 21.6. The first-order valence-corrected chi connectivity index (χ1v) is 9.64. The van der Waals surface area contributed by atoms with Crippen LogP contribution in [-0.4, -0.2) is 48.6 Å². The summed E-state index contributed by atoms with van der Waals surface area (Å²) < 4.78 is 39.3. The molecule has 2 amide bonds. The Balaban J connectivity index is 1.38. The number of halogens is 3. The van der Waals surface area contributed by atoms with Crippen molar-refractivity contribution in [3.05, 3.63) is 70.8 Å². The number of hydrogen-bond donors (Lipinski definition) is 0. The van der Waals surface area contributed by atoms with Crippen LogP contribution in [0.3, 0.4) is 0 Å². The molecule has 4 rings (SSSR count). The normalized spacial score (nSPS) is 17.1. The maximum Gasteiger partial charge on any atom is 0.442 e. The Morgan fingerprint density at radius 3 is 1.53 bits per heavy atom. The van der Waals surface area contributed by atoms with E-state index in [9.17, 15) is 22.8 Å².